The summed E-state index contributed by atoms with van der Waals surface area (Å²) in [6.45, 7) is 3.02. The lowest BCUT2D eigenvalue weighted by molar-refractivity contribution is -0.202. The Morgan fingerprint density at radius 3 is 2.28 bits per heavy atom. The normalized spacial score (nSPS) is 18.5. The fraction of sp³-hybridized carbons (Fsp3) is 0.240. The van der Waals surface area contributed by atoms with E-state index >= 15 is 0 Å². The highest BCUT2D eigenvalue weighted by atomic mass is 32.1. The largest absolute Gasteiger partial charge is 0.454 e. The molecule has 3 aromatic carbocycles. The molecule has 36 heavy (non-hydrogen) atoms. The summed E-state index contributed by atoms with van der Waals surface area (Å²) >= 11 is 0.701. The van der Waals surface area contributed by atoms with Crippen LogP contribution >= 0.6 is 11.3 Å². The first-order valence-corrected chi connectivity index (χ1v) is 11.6. The van der Waals surface area contributed by atoms with E-state index in [1.54, 1.807) is 18.2 Å². The quantitative estimate of drug-likeness (QED) is 0.202. The number of hydrogen-bond donors (Lipinski definition) is 0. The highest BCUT2D eigenvalue weighted by Crippen LogP contribution is 2.39. The van der Waals surface area contributed by atoms with Crippen molar-refractivity contribution in [3.8, 4) is 16.9 Å². The molecule has 5 rings (SSSR count). The number of hydrogen-bond acceptors (Lipinski definition) is 5. The third kappa shape index (κ3) is 4.78. The number of ether oxygens (including phenoxy) is 3. The lowest BCUT2D eigenvalue weighted by atomic mass is 10.0. The van der Waals surface area contributed by atoms with Crippen LogP contribution in [0.5, 0.6) is 5.75 Å². The van der Waals surface area contributed by atoms with E-state index in [4.69, 9.17) is 14.2 Å². The van der Waals surface area contributed by atoms with Gasteiger partial charge in [-0.05, 0) is 42.0 Å². The molecule has 4 nitrogen and oxygen atoms in total. The Bertz CT molecular complexity index is 1410. The Hall–Kier alpha value is -3.15. The summed E-state index contributed by atoms with van der Waals surface area (Å²) in [5.41, 5.74) is 0.357. The Balaban J connectivity index is 1.37. The Morgan fingerprint density at radius 2 is 1.61 bits per heavy atom. The van der Waals surface area contributed by atoms with Crippen LogP contribution in [0.1, 0.15) is 23.8 Å². The fourth-order valence-electron chi connectivity index (χ4n) is 3.70. The minimum Gasteiger partial charge on any atom is -0.427 e. The highest BCUT2D eigenvalue weighted by Gasteiger charge is 2.39. The molecule has 0 bridgehead atoms. The lowest BCUT2D eigenvalue weighted by Crippen LogP contribution is -2.24. The number of rotatable bonds is 5. The molecular formula is C25H17F6NO3S. The van der Waals surface area contributed by atoms with Crippen molar-refractivity contribution in [1.82, 2.24) is 4.98 Å². The third-order valence-corrected chi connectivity index (χ3v) is 6.55. The van der Waals surface area contributed by atoms with E-state index in [-0.39, 0.29) is 17.0 Å². The van der Waals surface area contributed by atoms with Gasteiger partial charge in [0.1, 0.15) is 11.6 Å². The zero-order chi connectivity index (χ0) is 25.6. The van der Waals surface area contributed by atoms with Crippen molar-refractivity contribution < 1.29 is 40.6 Å². The summed E-state index contributed by atoms with van der Waals surface area (Å²) in [7, 11) is 0. The smallest absolute Gasteiger partial charge is 0.427 e. The molecule has 0 unspecified atom stereocenters. The second kappa shape index (κ2) is 9.38. The SMILES string of the molecule is CC1COC(c2ccc3nc(C(F)(F)Oc4ccc(-c5cc(F)c(F)c(F)c5)c(F)c4)sc3c2)OC1. The summed E-state index contributed by atoms with van der Waals surface area (Å²) in [5.74, 6) is -6.09. The van der Waals surface area contributed by atoms with Gasteiger partial charge in [-0.15, -0.1) is 11.3 Å². The summed E-state index contributed by atoms with van der Waals surface area (Å²) in [6.07, 6.45) is -4.50. The van der Waals surface area contributed by atoms with Crippen LogP contribution in [0.3, 0.4) is 0 Å². The molecule has 0 amide bonds. The van der Waals surface area contributed by atoms with Gasteiger partial charge >= 0.3 is 6.11 Å². The molecular weight excluding hydrogens is 508 g/mol. The second-order valence-corrected chi connectivity index (χ2v) is 9.39. The number of aromatic nitrogens is 1. The Morgan fingerprint density at radius 1 is 0.917 bits per heavy atom. The Kier molecular flexibility index (Phi) is 6.39. The van der Waals surface area contributed by atoms with Crippen LogP contribution in [-0.4, -0.2) is 18.2 Å². The monoisotopic (exact) mass is 525 g/mol. The Labute approximate surface area is 205 Å². The second-order valence-electron chi connectivity index (χ2n) is 8.36. The number of nitrogens with zero attached hydrogens (tertiary/aromatic N) is 1. The molecule has 0 saturated carbocycles. The molecule has 2 heterocycles. The molecule has 1 saturated heterocycles. The molecule has 0 aliphatic carbocycles. The van der Waals surface area contributed by atoms with E-state index in [9.17, 15) is 26.3 Å². The third-order valence-electron chi connectivity index (χ3n) is 5.48. The number of fused-ring (bicyclic) bond motifs is 1. The molecule has 4 aromatic rings. The van der Waals surface area contributed by atoms with E-state index in [2.05, 4.69) is 4.98 Å². The predicted molar refractivity (Wildman–Crippen MR) is 120 cm³/mol. The number of thiazole rings is 1. The summed E-state index contributed by atoms with van der Waals surface area (Å²) < 4.78 is 101. The summed E-state index contributed by atoms with van der Waals surface area (Å²) in [5, 5.41) is -0.652. The van der Waals surface area contributed by atoms with Crippen LogP contribution in [0.2, 0.25) is 0 Å². The molecule has 0 spiro atoms. The molecule has 0 atom stereocenters. The van der Waals surface area contributed by atoms with Crippen molar-refractivity contribution in [3.63, 3.8) is 0 Å². The van der Waals surface area contributed by atoms with Gasteiger partial charge in [-0.25, -0.2) is 22.5 Å². The number of halogens is 6. The molecule has 188 valence electrons. The standard InChI is InChI=1S/C25H17F6NO3S/c1-12-10-33-23(34-11-12)13-2-5-20-21(8-13)36-24(32-20)25(30,31)35-15-3-4-16(17(26)9-15)14-6-18(27)22(29)19(28)7-14/h2-9,12,23H,10-11H2,1H3. The van der Waals surface area contributed by atoms with Gasteiger partial charge < -0.3 is 14.2 Å². The minimum atomic E-state index is -3.90. The van der Waals surface area contributed by atoms with E-state index in [1.807, 2.05) is 6.92 Å². The molecule has 1 fully saturated rings. The maximum atomic E-state index is 14.9. The van der Waals surface area contributed by atoms with Gasteiger partial charge in [-0.3, -0.25) is 0 Å². The number of alkyl halides is 2. The van der Waals surface area contributed by atoms with Crippen LogP contribution < -0.4 is 4.74 Å². The van der Waals surface area contributed by atoms with Crippen molar-refractivity contribution in [2.75, 3.05) is 13.2 Å². The molecule has 1 aliphatic heterocycles. The van der Waals surface area contributed by atoms with Gasteiger partial charge in [-0.2, -0.15) is 8.78 Å². The maximum Gasteiger partial charge on any atom is 0.454 e. The van der Waals surface area contributed by atoms with Gasteiger partial charge in [0.05, 0.1) is 23.4 Å². The van der Waals surface area contributed by atoms with Crippen LogP contribution in [0.4, 0.5) is 26.3 Å². The first-order valence-electron chi connectivity index (χ1n) is 10.8. The molecule has 1 aliphatic rings. The maximum absolute atomic E-state index is 14.9. The van der Waals surface area contributed by atoms with Crippen LogP contribution in [0.25, 0.3) is 21.3 Å². The van der Waals surface area contributed by atoms with Gasteiger partial charge in [0.25, 0.3) is 0 Å². The van der Waals surface area contributed by atoms with Crippen LogP contribution in [-0.2, 0) is 15.6 Å². The van der Waals surface area contributed by atoms with Gasteiger partial charge in [0, 0.05) is 23.1 Å². The summed E-state index contributed by atoms with van der Waals surface area (Å²) in [4.78, 5) is 3.94. The van der Waals surface area contributed by atoms with Crippen molar-refractivity contribution in [3.05, 3.63) is 82.4 Å². The minimum absolute atomic E-state index is 0.257. The average molecular weight is 525 g/mol. The molecule has 1 aromatic heterocycles. The van der Waals surface area contributed by atoms with Crippen LogP contribution in [0, 0.1) is 29.2 Å². The highest BCUT2D eigenvalue weighted by molar-refractivity contribution is 7.18. The zero-order valence-corrected chi connectivity index (χ0v) is 19.4. The number of benzene rings is 3. The van der Waals surface area contributed by atoms with Crippen LogP contribution in [0.15, 0.2) is 48.5 Å². The lowest BCUT2D eigenvalue weighted by Gasteiger charge is -2.27. The first kappa shape index (κ1) is 24.5. The van der Waals surface area contributed by atoms with Gasteiger partial charge in [0.2, 0.25) is 5.01 Å². The van der Waals surface area contributed by atoms with Crippen molar-refractivity contribution >= 4 is 21.6 Å². The van der Waals surface area contributed by atoms with Gasteiger partial charge in [-0.1, -0.05) is 13.0 Å². The van der Waals surface area contributed by atoms with Crippen molar-refractivity contribution in [2.45, 2.75) is 19.3 Å². The van der Waals surface area contributed by atoms with E-state index in [1.165, 1.54) is 0 Å². The first-order chi connectivity index (χ1) is 17.1. The van der Waals surface area contributed by atoms with Crippen molar-refractivity contribution in [2.24, 2.45) is 5.92 Å². The zero-order valence-electron chi connectivity index (χ0n) is 18.5. The fourth-order valence-corrected chi connectivity index (χ4v) is 4.63. The van der Waals surface area contributed by atoms with E-state index in [0.29, 0.717) is 58.5 Å². The summed E-state index contributed by atoms with van der Waals surface area (Å²) in [6, 6.07) is 8.77. The van der Waals surface area contributed by atoms with Crippen molar-refractivity contribution in [1.29, 1.82) is 0 Å². The van der Waals surface area contributed by atoms with E-state index < -0.39 is 46.4 Å². The van der Waals surface area contributed by atoms with E-state index in [0.717, 1.165) is 12.1 Å². The molecule has 0 N–H and O–H groups in total. The van der Waals surface area contributed by atoms with Gasteiger partial charge in [0.15, 0.2) is 23.7 Å². The topological polar surface area (TPSA) is 40.6 Å². The predicted octanol–water partition coefficient (Wildman–Crippen LogP) is 7.33. The molecule has 0 radical (unpaired) electrons. The average Bonchev–Trinajstić information content (AvgIpc) is 3.27. The molecule has 11 heteroatoms.